The Morgan fingerprint density at radius 2 is 1.50 bits per heavy atom. The number of rotatable bonds is 3. The molecule has 0 aliphatic heterocycles. The van der Waals surface area contributed by atoms with E-state index < -0.39 is 17.7 Å². The van der Waals surface area contributed by atoms with Crippen LogP contribution in [-0.2, 0) is 4.74 Å². The summed E-state index contributed by atoms with van der Waals surface area (Å²) in [6.07, 6.45) is -0.421. The standard InChI is InChI=1S/C18H16I3NO4/c1-18(2,3)26-17(24)22-12-6-4-10(5-7-12)16(23)25-15-13(20)8-11(19)9-14(15)21/h4-9H,1-3H3,(H,22,24)/p+1. The third-order valence-corrected chi connectivity index (χ3v) is 5.22. The predicted octanol–water partition coefficient (Wildman–Crippen LogP) is 4.85. The second-order valence-corrected chi connectivity index (χ2v) is 9.96. The van der Waals surface area contributed by atoms with Crippen LogP contribution in [0.3, 0.4) is 0 Å². The van der Waals surface area contributed by atoms with E-state index >= 15 is 0 Å². The van der Waals surface area contributed by atoms with Crippen LogP contribution < -0.4 is 10.1 Å². The van der Waals surface area contributed by atoms with E-state index in [2.05, 4.69) is 67.8 Å². The van der Waals surface area contributed by atoms with Crippen molar-refractivity contribution in [2.45, 2.75) is 26.4 Å². The SMILES string of the molecule is CC(C)(C)OC(=O)[NH2+]c1ccc(C(=O)Oc2c(I)cc(I)cc2I)cc1. The van der Waals surface area contributed by atoms with Crippen molar-refractivity contribution in [1.82, 2.24) is 0 Å². The highest BCUT2D eigenvalue weighted by atomic mass is 127. The first kappa shape index (κ1) is 21.8. The summed E-state index contributed by atoms with van der Waals surface area (Å²) < 4.78 is 13.6. The summed E-state index contributed by atoms with van der Waals surface area (Å²) in [5.41, 5.74) is 0.532. The van der Waals surface area contributed by atoms with Crippen LogP contribution in [0.2, 0.25) is 0 Å². The Balaban J connectivity index is 2.06. The lowest BCUT2D eigenvalue weighted by Gasteiger charge is -2.16. The molecule has 0 aliphatic carbocycles. The molecule has 0 atom stereocenters. The molecule has 2 rings (SSSR count). The quantitative estimate of drug-likeness (QED) is 0.217. The summed E-state index contributed by atoms with van der Waals surface area (Å²) in [6, 6.07) is 10.5. The van der Waals surface area contributed by atoms with Crippen LogP contribution >= 0.6 is 67.8 Å². The molecular weight excluding hydrogens is 675 g/mol. The molecule has 0 aromatic heterocycles. The molecule has 0 fully saturated rings. The van der Waals surface area contributed by atoms with E-state index in [1.165, 1.54) is 5.32 Å². The molecule has 0 aliphatic rings. The van der Waals surface area contributed by atoms with Crippen molar-refractivity contribution in [3.63, 3.8) is 0 Å². The summed E-state index contributed by atoms with van der Waals surface area (Å²) in [4.78, 5) is 24.2. The van der Waals surface area contributed by atoms with E-state index in [4.69, 9.17) is 9.47 Å². The Hall–Kier alpha value is -0.470. The van der Waals surface area contributed by atoms with Crippen LogP contribution in [0.5, 0.6) is 5.75 Å². The molecule has 0 saturated heterocycles. The van der Waals surface area contributed by atoms with E-state index in [-0.39, 0.29) is 0 Å². The first-order valence-corrected chi connectivity index (χ1v) is 10.8. The van der Waals surface area contributed by atoms with E-state index in [1.54, 1.807) is 24.3 Å². The van der Waals surface area contributed by atoms with Crippen LogP contribution in [0, 0.1) is 10.7 Å². The van der Waals surface area contributed by atoms with E-state index in [0.717, 1.165) is 10.7 Å². The lowest BCUT2D eigenvalue weighted by molar-refractivity contribution is -0.486. The van der Waals surface area contributed by atoms with Crippen molar-refractivity contribution in [3.05, 3.63) is 52.7 Å². The molecule has 0 heterocycles. The number of hydrogen-bond acceptors (Lipinski definition) is 4. The summed E-state index contributed by atoms with van der Waals surface area (Å²) in [6.45, 7) is 5.43. The van der Waals surface area contributed by atoms with Gasteiger partial charge in [0.25, 0.3) is 0 Å². The Kier molecular flexibility index (Phi) is 7.68. The van der Waals surface area contributed by atoms with Gasteiger partial charge in [-0.25, -0.2) is 10.1 Å². The molecule has 0 bridgehead atoms. The number of carbonyl (C=O) groups is 2. The van der Waals surface area contributed by atoms with Crippen molar-refractivity contribution in [3.8, 4) is 5.75 Å². The van der Waals surface area contributed by atoms with Crippen molar-refractivity contribution in [1.29, 1.82) is 0 Å². The van der Waals surface area contributed by atoms with E-state index in [9.17, 15) is 9.59 Å². The minimum absolute atomic E-state index is 0.413. The molecule has 8 heteroatoms. The average molecular weight is 692 g/mol. The van der Waals surface area contributed by atoms with Crippen LogP contribution in [0.25, 0.3) is 0 Å². The molecule has 2 N–H and O–H groups in total. The molecular formula is C18H17I3NO4+. The Morgan fingerprint density at radius 3 is 2.00 bits per heavy atom. The maximum absolute atomic E-state index is 12.4. The van der Waals surface area contributed by atoms with Gasteiger partial charge in [0.1, 0.15) is 11.3 Å². The van der Waals surface area contributed by atoms with Crippen LogP contribution in [0.4, 0.5) is 10.5 Å². The number of amides is 1. The fourth-order valence-electron chi connectivity index (χ4n) is 1.96. The number of benzene rings is 2. The first-order chi connectivity index (χ1) is 12.0. The van der Waals surface area contributed by atoms with Gasteiger partial charge in [-0.3, -0.25) is 0 Å². The van der Waals surface area contributed by atoms with Gasteiger partial charge < -0.3 is 9.47 Å². The minimum atomic E-state index is -0.543. The predicted molar refractivity (Wildman–Crippen MR) is 124 cm³/mol. The largest absolute Gasteiger partial charge is 0.518 e. The average Bonchev–Trinajstić information content (AvgIpc) is 2.49. The number of primary amides is 1. The highest BCUT2D eigenvalue weighted by Gasteiger charge is 2.20. The maximum Gasteiger partial charge on any atom is 0.518 e. The van der Waals surface area contributed by atoms with Gasteiger partial charge in [0.15, 0.2) is 5.75 Å². The molecule has 138 valence electrons. The third-order valence-electron chi connectivity index (χ3n) is 3.00. The molecule has 2 aromatic rings. The number of nitrogens with two attached hydrogens (primary N) is 1. The zero-order valence-corrected chi connectivity index (χ0v) is 20.8. The van der Waals surface area contributed by atoms with E-state index in [0.29, 0.717) is 17.0 Å². The van der Waals surface area contributed by atoms with Gasteiger partial charge in [-0.2, -0.15) is 4.79 Å². The molecule has 0 radical (unpaired) electrons. The molecule has 0 saturated carbocycles. The number of quaternary nitrogens is 1. The van der Waals surface area contributed by atoms with Gasteiger partial charge in [-0.05, 0) is 113 Å². The monoisotopic (exact) mass is 692 g/mol. The lowest BCUT2D eigenvalue weighted by atomic mass is 10.2. The van der Waals surface area contributed by atoms with Gasteiger partial charge in [0.05, 0.1) is 12.7 Å². The van der Waals surface area contributed by atoms with Crippen molar-refractivity contribution in [2.75, 3.05) is 0 Å². The summed E-state index contributed by atoms with van der Waals surface area (Å²) >= 11 is 6.52. The normalized spacial score (nSPS) is 11.2. The molecule has 2 aromatic carbocycles. The lowest BCUT2D eigenvalue weighted by Crippen LogP contribution is -2.83. The number of hydrogen-bond donors (Lipinski definition) is 1. The molecule has 0 spiro atoms. The van der Waals surface area contributed by atoms with Crippen molar-refractivity contribution in [2.24, 2.45) is 0 Å². The van der Waals surface area contributed by atoms with Crippen LogP contribution in [0.1, 0.15) is 31.1 Å². The number of carbonyl (C=O) groups excluding carboxylic acids is 2. The number of esters is 1. The topological polar surface area (TPSA) is 69.2 Å². The minimum Gasteiger partial charge on any atom is -0.421 e. The number of ether oxygens (including phenoxy) is 2. The van der Waals surface area contributed by atoms with Gasteiger partial charge in [-0.15, -0.1) is 0 Å². The third kappa shape index (κ3) is 6.60. The summed E-state index contributed by atoms with van der Waals surface area (Å²) in [7, 11) is 0. The van der Waals surface area contributed by atoms with Gasteiger partial charge in [0, 0.05) is 15.7 Å². The van der Waals surface area contributed by atoms with Crippen molar-refractivity contribution >= 4 is 85.5 Å². The Labute approximate surface area is 193 Å². The van der Waals surface area contributed by atoms with Crippen LogP contribution in [0.15, 0.2) is 36.4 Å². The molecule has 1 amide bonds. The zero-order valence-electron chi connectivity index (χ0n) is 14.3. The second kappa shape index (κ2) is 9.15. The Morgan fingerprint density at radius 1 is 0.962 bits per heavy atom. The first-order valence-electron chi connectivity index (χ1n) is 7.60. The van der Waals surface area contributed by atoms with Crippen LogP contribution in [-0.4, -0.2) is 17.7 Å². The summed E-state index contributed by atoms with van der Waals surface area (Å²) in [5.74, 6) is 0.117. The van der Waals surface area contributed by atoms with Gasteiger partial charge in [-0.1, -0.05) is 0 Å². The van der Waals surface area contributed by atoms with Gasteiger partial charge >= 0.3 is 12.1 Å². The van der Waals surface area contributed by atoms with Gasteiger partial charge in [0.2, 0.25) is 0 Å². The fourth-order valence-corrected chi connectivity index (χ4v) is 5.76. The second-order valence-electron chi connectivity index (χ2n) is 6.39. The Bertz CT molecular complexity index is 806. The zero-order chi connectivity index (χ0) is 19.5. The molecule has 5 nitrogen and oxygen atoms in total. The maximum atomic E-state index is 12.4. The highest BCUT2D eigenvalue weighted by molar-refractivity contribution is 14.1. The van der Waals surface area contributed by atoms with Crippen molar-refractivity contribution < 1.29 is 24.4 Å². The van der Waals surface area contributed by atoms with E-state index in [1.807, 2.05) is 32.9 Å². The fraction of sp³-hybridized carbons (Fsp3) is 0.222. The smallest absolute Gasteiger partial charge is 0.421 e. The summed E-state index contributed by atoms with van der Waals surface area (Å²) in [5, 5.41) is 1.39. The highest BCUT2D eigenvalue weighted by Crippen LogP contribution is 2.30. The molecule has 0 unspecified atom stereocenters. The number of halogens is 3. The molecule has 26 heavy (non-hydrogen) atoms.